The van der Waals surface area contributed by atoms with Crippen molar-refractivity contribution >= 4 is 27.7 Å². The summed E-state index contributed by atoms with van der Waals surface area (Å²) in [7, 11) is 0. The quantitative estimate of drug-likeness (QED) is 0.563. The minimum atomic E-state index is -1.79. The molecule has 0 aromatic heterocycles. The number of hydrogen-bond donors (Lipinski definition) is 3. The molecule has 1 aromatic carbocycles. The molecule has 0 saturated heterocycles. The summed E-state index contributed by atoms with van der Waals surface area (Å²) in [6.07, 6.45) is -0.626. The number of rotatable bonds is 9. The van der Waals surface area contributed by atoms with Crippen LogP contribution in [0.5, 0.6) is 0 Å². The number of carbonyl (C=O) groups excluding carboxylic acids is 2. The lowest BCUT2D eigenvalue weighted by atomic mass is 10.1. The van der Waals surface area contributed by atoms with E-state index in [2.05, 4.69) is 21.2 Å². The first kappa shape index (κ1) is 20.9. The predicted molar refractivity (Wildman–Crippen MR) is 102 cm³/mol. The summed E-state index contributed by atoms with van der Waals surface area (Å²) >= 11 is 3.35. The zero-order chi connectivity index (χ0) is 19.3. The largest absolute Gasteiger partial charge is 0.380 e. The highest BCUT2D eigenvalue weighted by molar-refractivity contribution is 9.10. The van der Waals surface area contributed by atoms with Gasteiger partial charge in [0.15, 0.2) is 12.2 Å². The lowest BCUT2D eigenvalue weighted by molar-refractivity contribution is -0.153. The van der Waals surface area contributed by atoms with Gasteiger partial charge in [-0.15, -0.1) is 0 Å². The molecule has 0 unspecified atom stereocenters. The van der Waals surface area contributed by atoms with Gasteiger partial charge in [0.25, 0.3) is 11.8 Å². The number of aliphatic hydroxyl groups excluding tert-OH is 2. The van der Waals surface area contributed by atoms with Crippen LogP contribution in [0.3, 0.4) is 0 Å². The van der Waals surface area contributed by atoms with Crippen molar-refractivity contribution in [2.24, 2.45) is 5.92 Å². The van der Waals surface area contributed by atoms with Gasteiger partial charge in [-0.2, -0.15) is 0 Å². The van der Waals surface area contributed by atoms with Crippen LogP contribution in [0.2, 0.25) is 0 Å². The minimum Gasteiger partial charge on any atom is -0.380 e. The molecule has 1 aliphatic carbocycles. The maximum Gasteiger partial charge on any atom is 0.254 e. The van der Waals surface area contributed by atoms with Crippen LogP contribution in [0.15, 0.2) is 28.7 Å². The highest BCUT2D eigenvalue weighted by Crippen LogP contribution is 2.30. The smallest absolute Gasteiger partial charge is 0.254 e. The van der Waals surface area contributed by atoms with E-state index in [1.54, 1.807) is 11.8 Å². The van der Waals surface area contributed by atoms with Crippen LogP contribution in [0, 0.1) is 5.92 Å². The molecule has 0 heterocycles. The second-order valence-electron chi connectivity index (χ2n) is 6.90. The lowest BCUT2D eigenvalue weighted by Gasteiger charge is -2.27. The van der Waals surface area contributed by atoms with E-state index in [-0.39, 0.29) is 6.04 Å². The number of amides is 2. The number of hydrogen-bond acceptors (Lipinski definition) is 4. The van der Waals surface area contributed by atoms with E-state index in [0.29, 0.717) is 19.0 Å². The molecule has 0 bridgehead atoms. The third-order valence-electron chi connectivity index (χ3n) is 4.53. The van der Waals surface area contributed by atoms with Gasteiger partial charge in [-0.1, -0.05) is 35.0 Å². The van der Waals surface area contributed by atoms with Crippen LogP contribution >= 0.6 is 15.9 Å². The third-order valence-corrected chi connectivity index (χ3v) is 5.06. The standard InChI is InChI=1S/C19H27BrN2O4/c1-3-10-22(11-13-4-5-13)19(26)17(24)16(23)18(25)21-12(2)14-6-8-15(20)9-7-14/h6-9,12-13,16-17,23-24H,3-5,10-11H2,1-2H3,(H,21,25)/t12-,16+,17+/m0/s1. The molecule has 0 aliphatic heterocycles. The van der Waals surface area contributed by atoms with E-state index in [4.69, 9.17) is 0 Å². The summed E-state index contributed by atoms with van der Waals surface area (Å²) in [5.41, 5.74) is 0.857. The maximum atomic E-state index is 12.5. The molecule has 0 radical (unpaired) electrons. The Morgan fingerprint density at radius 2 is 1.85 bits per heavy atom. The van der Waals surface area contributed by atoms with Crippen LogP contribution in [-0.2, 0) is 9.59 Å². The highest BCUT2D eigenvalue weighted by atomic mass is 79.9. The summed E-state index contributed by atoms with van der Waals surface area (Å²) in [6.45, 7) is 4.81. The number of nitrogens with one attached hydrogen (secondary N) is 1. The fraction of sp³-hybridized carbons (Fsp3) is 0.579. The molecule has 26 heavy (non-hydrogen) atoms. The second kappa shape index (κ2) is 9.48. The molecule has 2 rings (SSSR count). The maximum absolute atomic E-state index is 12.5. The SMILES string of the molecule is CCCN(CC1CC1)C(=O)[C@H](O)[C@@H](O)C(=O)N[C@@H](C)c1ccc(Br)cc1. The molecule has 3 atom stereocenters. The Hall–Kier alpha value is -1.44. The first-order valence-electron chi connectivity index (χ1n) is 9.04. The summed E-state index contributed by atoms with van der Waals surface area (Å²) in [5, 5.41) is 23.0. The molecular formula is C19H27BrN2O4. The van der Waals surface area contributed by atoms with E-state index in [9.17, 15) is 19.8 Å². The molecular weight excluding hydrogens is 400 g/mol. The number of aliphatic hydroxyl groups is 2. The molecule has 0 spiro atoms. The normalized spacial score (nSPS) is 17.3. The number of benzene rings is 1. The molecule has 1 saturated carbocycles. The van der Waals surface area contributed by atoms with Gasteiger partial charge in [-0.05, 0) is 49.8 Å². The van der Waals surface area contributed by atoms with Crippen molar-refractivity contribution in [2.75, 3.05) is 13.1 Å². The van der Waals surface area contributed by atoms with Gasteiger partial charge < -0.3 is 20.4 Å². The Kier molecular flexibility index (Phi) is 7.61. The number of halogens is 1. The molecule has 2 amide bonds. The van der Waals surface area contributed by atoms with E-state index < -0.39 is 24.0 Å². The van der Waals surface area contributed by atoms with Crippen molar-refractivity contribution in [3.05, 3.63) is 34.3 Å². The predicted octanol–water partition coefficient (Wildman–Crippen LogP) is 2.00. The topological polar surface area (TPSA) is 89.9 Å². The van der Waals surface area contributed by atoms with Gasteiger partial charge in [-0.25, -0.2) is 0 Å². The molecule has 3 N–H and O–H groups in total. The molecule has 1 aliphatic rings. The fourth-order valence-corrected chi connectivity index (χ4v) is 3.04. The van der Waals surface area contributed by atoms with E-state index in [1.165, 1.54) is 0 Å². The molecule has 7 heteroatoms. The van der Waals surface area contributed by atoms with Crippen LogP contribution in [0.4, 0.5) is 0 Å². The van der Waals surface area contributed by atoms with Gasteiger partial charge in [-0.3, -0.25) is 9.59 Å². The number of nitrogens with zero attached hydrogens (tertiary/aromatic N) is 1. The number of carbonyl (C=O) groups is 2. The van der Waals surface area contributed by atoms with Crippen LogP contribution < -0.4 is 5.32 Å². The molecule has 1 aromatic rings. The summed E-state index contributed by atoms with van der Waals surface area (Å²) in [6, 6.07) is 7.05. The first-order chi connectivity index (χ1) is 12.3. The molecule has 6 nitrogen and oxygen atoms in total. The van der Waals surface area contributed by atoms with E-state index in [1.807, 2.05) is 31.2 Å². The van der Waals surface area contributed by atoms with Gasteiger partial charge in [0.2, 0.25) is 0 Å². The molecule has 1 fully saturated rings. The Morgan fingerprint density at radius 3 is 2.38 bits per heavy atom. The third kappa shape index (κ3) is 5.79. The van der Waals surface area contributed by atoms with Gasteiger partial charge >= 0.3 is 0 Å². The van der Waals surface area contributed by atoms with Gasteiger partial charge in [0.05, 0.1) is 6.04 Å². The minimum absolute atomic E-state index is 0.356. The van der Waals surface area contributed by atoms with Crippen LogP contribution in [-0.4, -0.2) is 52.2 Å². The van der Waals surface area contributed by atoms with Crippen molar-refractivity contribution in [3.8, 4) is 0 Å². The summed E-state index contributed by atoms with van der Waals surface area (Å²) in [5.74, 6) is -0.872. The van der Waals surface area contributed by atoms with Crippen LogP contribution in [0.25, 0.3) is 0 Å². The Morgan fingerprint density at radius 1 is 1.23 bits per heavy atom. The lowest BCUT2D eigenvalue weighted by Crippen LogP contribution is -2.51. The Bertz CT molecular complexity index is 618. The van der Waals surface area contributed by atoms with Gasteiger partial charge in [0.1, 0.15) is 0 Å². The van der Waals surface area contributed by atoms with Crippen molar-refractivity contribution in [2.45, 2.75) is 51.4 Å². The monoisotopic (exact) mass is 426 g/mol. The van der Waals surface area contributed by atoms with Gasteiger partial charge in [0, 0.05) is 17.6 Å². The average molecular weight is 427 g/mol. The average Bonchev–Trinajstić information content (AvgIpc) is 3.44. The Balaban J connectivity index is 1.94. The summed E-state index contributed by atoms with van der Waals surface area (Å²) in [4.78, 5) is 26.3. The van der Waals surface area contributed by atoms with E-state index >= 15 is 0 Å². The van der Waals surface area contributed by atoms with Crippen molar-refractivity contribution in [3.63, 3.8) is 0 Å². The summed E-state index contributed by atoms with van der Waals surface area (Å²) < 4.78 is 0.924. The van der Waals surface area contributed by atoms with Crippen molar-refractivity contribution in [1.29, 1.82) is 0 Å². The van der Waals surface area contributed by atoms with Crippen molar-refractivity contribution in [1.82, 2.24) is 10.2 Å². The van der Waals surface area contributed by atoms with E-state index in [0.717, 1.165) is 29.3 Å². The Labute approximate surface area is 162 Å². The zero-order valence-corrected chi connectivity index (χ0v) is 16.8. The highest BCUT2D eigenvalue weighted by Gasteiger charge is 2.35. The first-order valence-corrected chi connectivity index (χ1v) is 9.83. The zero-order valence-electron chi connectivity index (χ0n) is 15.2. The van der Waals surface area contributed by atoms with Crippen molar-refractivity contribution < 1.29 is 19.8 Å². The molecule has 144 valence electrons. The van der Waals surface area contributed by atoms with Crippen LogP contribution in [0.1, 0.15) is 44.7 Å². The second-order valence-corrected chi connectivity index (χ2v) is 7.81. The fourth-order valence-electron chi connectivity index (χ4n) is 2.77.